The molecule has 0 fully saturated rings. The van der Waals surface area contributed by atoms with Gasteiger partial charge in [0.15, 0.2) is 5.82 Å². The van der Waals surface area contributed by atoms with Gasteiger partial charge in [-0.2, -0.15) is 5.10 Å². The molecule has 0 aliphatic heterocycles. The zero-order valence-electron chi connectivity index (χ0n) is 11.0. The third kappa shape index (κ3) is 1.88. The van der Waals surface area contributed by atoms with Crippen LogP contribution in [0, 0.1) is 0 Å². The van der Waals surface area contributed by atoms with E-state index in [-0.39, 0.29) is 0 Å². The summed E-state index contributed by atoms with van der Waals surface area (Å²) in [5, 5.41) is 4.17. The number of imidazole rings is 1. The Morgan fingerprint density at radius 3 is 2.79 bits per heavy atom. The third-order valence-electron chi connectivity index (χ3n) is 3.06. The Balaban J connectivity index is 2.24. The molecule has 19 heavy (non-hydrogen) atoms. The van der Waals surface area contributed by atoms with E-state index >= 15 is 0 Å². The summed E-state index contributed by atoms with van der Waals surface area (Å²) in [6, 6.07) is 5.88. The number of thioether (sulfide) groups is 1. The zero-order chi connectivity index (χ0) is 13.4. The fourth-order valence-corrected chi connectivity index (χ4v) is 2.82. The summed E-state index contributed by atoms with van der Waals surface area (Å²) in [5.41, 5.74) is 2.90. The van der Waals surface area contributed by atoms with E-state index in [1.165, 1.54) is 0 Å². The van der Waals surface area contributed by atoms with E-state index in [4.69, 9.17) is 4.74 Å². The van der Waals surface area contributed by atoms with Crippen LogP contribution < -0.4 is 4.74 Å². The van der Waals surface area contributed by atoms with Crippen LogP contribution in [0.3, 0.4) is 0 Å². The lowest BCUT2D eigenvalue weighted by Gasteiger charge is -2.05. The van der Waals surface area contributed by atoms with Gasteiger partial charge in [0.05, 0.1) is 17.5 Å². The van der Waals surface area contributed by atoms with Crippen molar-refractivity contribution in [3.63, 3.8) is 0 Å². The molecule has 0 saturated heterocycles. The Bertz CT molecular complexity index is 731. The molecule has 0 amide bonds. The van der Waals surface area contributed by atoms with E-state index in [1.54, 1.807) is 29.8 Å². The van der Waals surface area contributed by atoms with E-state index in [9.17, 15) is 0 Å². The highest BCUT2D eigenvalue weighted by molar-refractivity contribution is 7.99. The van der Waals surface area contributed by atoms with Crippen molar-refractivity contribution in [1.82, 2.24) is 19.7 Å². The number of aromatic nitrogens is 4. The molecule has 0 aliphatic rings. The largest absolute Gasteiger partial charge is 0.496 e. The first-order valence-electron chi connectivity index (χ1n) is 5.83. The Morgan fingerprint density at radius 1 is 1.32 bits per heavy atom. The van der Waals surface area contributed by atoms with E-state index < -0.39 is 0 Å². The van der Waals surface area contributed by atoms with Gasteiger partial charge >= 0.3 is 0 Å². The van der Waals surface area contributed by atoms with Crippen molar-refractivity contribution < 1.29 is 4.74 Å². The highest BCUT2D eigenvalue weighted by atomic mass is 32.2. The number of nitrogens with zero attached hydrogens (tertiary/aromatic N) is 3. The minimum Gasteiger partial charge on any atom is -0.496 e. The van der Waals surface area contributed by atoms with Crippen molar-refractivity contribution in [3.05, 3.63) is 24.4 Å². The minimum atomic E-state index is 0.818. The lowest BCUT2D eigenvalue weighted by molar-refractivity contribution is 0.406. The summed E-state index contributed by atoms with van der Waals surface area (Å²) >= 11 is 1.63. The van der Waals surface area contributed by atoms with Crippen molar-refractivity contribution >= 4 is 22.8 Å². The van der Waals surface area contributed by atoms with Crippen LogP contribution in [0.15, 0.2) is 29.3 Å². The first-order chi connectivity index (χ1) is 9.24. The van der Waals surface area contributed by atoms with E-state index in [1.807, 2.05) is 31.5 Å². The molecule has 3 rings (SSSR count). The van der Waals surface area contributed by atoms with Crippen LogP contribution in [0.4, 0.5) is 0 Å². The molecule has 98 valence electrons. The second-order valence-electron chi connectivity index (χ2n) is 4.12. The molecule has 5 nitrogen and oxygen atoms in total. The van der Waals surface area contributed by atoms with Crippen LogP contribution >= 0.6 is 11.8 Å². The molecule has 1 aromatic carbocycles. The van der Waals surface area contributed by atoms with Crippen LogP contribution in [-0.4, -0.2) is 33.1 Å². The molecule has 0 unspecified atom stereocenters. The zero-order valence-corrected chi connectivity index (χ0v) is 11.8. The van der Waals surface area contributed by atoms with Gasteiger partial charge in [-0.3, -0.25) is 4.68 Å². The molecule has 6 heteroatoms. The second-order valence-corrected chi connectivity index (χ2v) is 4.94. The van der Waals surface area contributed by atoms with Gasteiger partial charge in [-0.25, -0.2) is 4.98 Å². The summed E-state index contributed by atoms with van der Waals surface area (Å²) in [7, 11) is 3.58. The molecule has 1 N–H and O–H groups in total. The van der Waals surface area contributed by atoms with Gasteiger partial charge in [0.25, 0.3) is 0 Å². The average molecular weight is 274 g/mol. The summed E-state index contributed by atoms with van der Waals surface area (Å²) < 4.78 is 7.18. The normalized spacial score (nSPS) is 11.1. The predicted molar refractivity (Wildman–Crippen MR) is 76.6 cm³/mol. The van der Waals surface area contributed by atoms with Crippen LogP contribution in [0.1, 0.15) is 0 Å². The number of benzene rings is 1. The number of H-pyrrole nitrogens is 1. The second kappa shape index (κ2) is 4.62. The maximum Gasteiger partial charge on any atom is 0.156 e. The summed E-state index contributed by atoms with van der Waals surface area (Å²) in [5.74, 6) is 1.67. The lowest BCUT2D eigenvalue weighted by Crippen LogP contribution is -1.94. The molecular weight excluding hydrogens is 260 g/mol. The van der Waals surface area contributed by atoms with Crippen molar-refractivity contribution in [3.8, 4) is 17.3 Å². The van der Waals surface area contributed by atoms with Gasteiger partial charge in [-0.15, -0.1) is 11.8 Å². The summed E-state index contributed by atoms with van der Waals surface area (Å²) in [6.45, 7) is 0. The number of aromatic amines is 1. The first-order valence-corrected chi connectivity index (χ1v) is 7.06. The Hall–Kier alpha value is -1.95. The van der Waals surface area contributed by atoms with Crippen molar-refractivity contribution in [2.24, 2.45) is 7.05 Å². The monoisotopic (exact) mass is 274 g/mol. The van der Waals surface area contributed by atoms with Gasteiger partial charge in [-0.05, 0) is 24.5 Å². The fourth-order valence-electron chi connectivity index (χ4n) is 2.12. The Kier molecular flexibility index (Phi) is 2.94. The van der Waals surface area contributed by atoms with Crippen molar-refractivity contribution in [1.29, 1.82) is 0 Å². The van der Waals surface area contributed by atoms with Gasteiger partial charge in [0.1, 0.15) is 17.0 Å². The van der Waals surface area contributed by atoms with E-state index in [0.717, 1.165) is 33.2 Å². The molecule has 0 saturated carbocycles. The molecule has 0 spiro atoms. The van der Waals surface area contributed by atoms with Crippen molar-refractivity contribution in [2.45, 2.75) is 4.90 Å². The Morgan fingerprint density at radius 2 is 2.16 bits per heavy atom. The lowest BCUT2D eigenvalue weighted by atomic mass is 10.3. The highest BCUT2D eigenvalue weighted by Crippen LogP contribution is 2.35. The Labute approximate surface area is 115 Å². The first kappa shape index (κ1) is 12.1. The predicted octanol–water partition coefficient (Wildman–Crippen LogP) is 2.69. The number of hydrogen-bond acceptors (Lipinski definition) is 4. The topological polar surface area (TPSA) is 55.7 Å². The number of ether oxygens (including phenoxy) is 1. The molecule has 0 atom stereocenters. The minimum absolute atomic E-state index is 0.818. The quantitative estimate of drug-likeness (QED) is 0.746. The number of rotatable bonds is 3. The molecule has 2 heterocycles. The molecule has 2 aromatic heterocycles. The van der Waals surface area contributed by atoms with Gasteiger partial charge < -0.3 is 9.72 Å². The van der Waals surface area contributed by atoms with Crippen LogP contribution in [0.25, 0.3) is 22.6 Å². The maximum atomic E-state index is 5.38. The summed E-state index contributed by atoms with van der Waals surface area (Å²) in [4.78, 5) is 9.05. The van der Waals surface area contributed by atoms with Crippen LogP contribution in [0.2, 0.25) is 0 Å². The van der Waals surface area contributed by atoms with E-state index in [2.05, 4.69) is 15.1 Å². The molecule has 0 radical (unpaired) electrons. The van der Waals surface area contributed by atoms with E-state index in [0.29, 0.717) is 0 Å². The SMILES string of the molecule is COc1ccc2[nH]c(-c3ccnn3C)nc2c1SC. The van der Waals surface area contributed by atoms with Gasteiger partial charge in [0, 0.05) is 13.2 Å². The number of hydrogen-bond donors (Lipinski definition) is 1. The third-order valence-corrected chi connectivity index (χ3v) is 3.86. The van der Waals surface area contributed by atoms with Crippen LogP contribution in [0.5, 0.6) is 5.75 Å². The molecular formula is C13H14N4OS. The van der Waals surface area contributed by atoms with Crippen molar-refractivity contribution in [2.75, 3.05) is 13.4 Å². The molecule has 3 aromatic rings. The number of nitrogens with one attached hydrogen (secondary N) is 1. The molecule has 0 aliphatic carbocycles. The van der Waals surface area contributed by atoms with Gasteiger partial charge in [-0.1, -0.05) is 0 Å². The standard InChI is InChI=1S/C13H14N4OS/c1-17-9(6-7-14-17)13-15-8-4-5-10(18-2)12(19-3)11(8)16-13/h4-7H,1-3H3,(H,15,16). The number of fused-ring (bicyclic) bond motifs is 1. The maximum absolute atomic E-state index is 5.38. The van der Waals surface area contributed by atoms with Crippen LogP contribution in [-0.2, 0) is 7.05 Å². The van der Waals surface area contributed by atoms with Gasteiger partial charge in [0.2, 0.25) is 0 Å². The smallest absolute Gasteiger partial charge is 0.156 e. The average Bonchev–Trinajstić information content (AvgIpc) is 3.02. The fraction of sp³-hybridized carbons (Fsp3) is 0.231. The summed E-state index contributed by atoms with van der Waals surface area (Å²) in [6.07, 6.45) is 3.79. The highest BCUT2D eigenvalue weighted by Gasteiger charge is 2.14. The molecule has 0 bridgehead atoms. The number of aryl methyl sites for hydroxylation is 1. The number of methoxy groups -OCH3 is 1.